The first-order valence-corrected chi connectivity index (χ1v) is 9.12. The Bertz CT molecular complexity index is 875. The fourth-order valence-electron chi connectivity index (χ4n) is 2.76. The second-order valence-electron chi connectivity index (χ2n) is 6.32. The average molecular weight is 413 g/mol. The zero-order valence-corrected chi connectivity index (χ0v) is 16.4. The highest BCUT2D eigenvalue weighted by Gasteiger charge is 2.09. The van der Waals surface area contributed by atoms with Gasteiger partial charge in [-0.05, 0) is 55.4 Å². The van der Waals surface area contributed by atoms with E-state index in [4.69, 9.17) is 0 Å². The number of rotatable bonds is 6. The molecule has 0 radical (unpaired) electrons. The minimum atomic E-state index is -0.0204. The Kier molecular flexibility index (Phi) is 5.85. The standard InChI is InChI=1S/C20H21BrN4O/c1-15-11-17(21)5-8-19(15)23-20(26)13-24(2)12-16-3-6-18(7-4-16)25-10-9-22-14-25/h3-11,14H,12-13H2,1-2H3,(H,23,26). The van der Waals surface area contributed by atoms with E-state index in [2.05, 4.69) is 50.5 Å². The number of halogens is 1. The van der Waals surface area contributed by atoms with Crippen molar-refractivity contribution in [3.05, 3.63) is 76.8 Å². The summed E-state index contributed by atoms with van der Waals surface area (Å²) in [6, 6.07) is 14.1. The fourth-order valence-corrected chi connectivity index (χ4v) is 3.23. The molecule has 0 bridgehead atoms. The first-order valence-electron chi connectivity index (χ1n) is 8.33. The van der Waals surface area contributed by atoms with E-state index in [0.717, 1.165) is 27.0 Å². The van der Waals surface area contributed by atoms with E-state index in [0.29, 0.717) is 13.1 Å². The van der Waals surface area contributed by atoms with Crippen molar-refractivity contribution in [2.45, 2.75) is 13.5 Å². The summed E-state index contributed by atoms with van der Waals surface area (Å²) < 4.78 is 2.96. The van der Waals surface area contributed by atoms with Crippen LogP contribution < -0.4 is 5.32 Å². The van der Waals surface area contributed by atoms with E-state index in [1.807, 2.05) is 47.8 Å². The summed E-state index contributed by atoms with van der Waals surface area (Å²) in [6.07, 6.45) is 5.44. The van der Waals surface area contributed by atoms with Crippen molar-refractivity contribution < 1.29 is 4.79 Å². The minimum Gasteiger partial charge on any atom is -0.325 e. The predicted molar refractivity (Wildman–Crippen MR) is 107 cm³/mol. The van der Waals surface area contributed by atoms with Crippen LogP contribution in [0.15, 0.2) is 65.7 Å². The van der Waals surface area contributed by atoms with Gasteiger partial charge >= 0.3 is 0 Å². The van der Waals surface area contributed by atoms with Crippen molar-refractivity contribution in [2.75, 3.05) is 18.9 Å². The van der Waals surface area contributed by atoms with Crippen LogP contribution in [-0.4, -0.2) is 34.0 Å². The number of hydrogen-bond donors (Lipinski definition) is 1. The lowest BCUT2D eigenvalue weighted by Gasteiger charge is -2.17. The van der Waals surface area contributed by atoms with Crippen molar-refractivity contribution in [3.63, 3.8) is 0 Å². The van der Waals surface area contributed by atoms with Crippen LogP contribution in [0.4, 0.5) is 5.69 Å². The van der Waals surface area contributed by atoms with Crippen LogP contribution in [0.25, 0.3) is 5.69 Å². The molecule has 0 atom stereocenters. The third kappa shape index (κ3) is 4.80. The van der Waals surface area contributed by atoms with Gasteiger partial charge in [-0.2, -0.15) is 0 Å². The quantitative estimate of drug-likeness (QED) is 0.665. The lowest BCUT2D eigenvalue weighted by molar-refractivity contribution is -0.117. The number of amides is 1. The summed E-state index contributed by atoms with van der Waals surface area (Å²) in [5.74, 6) is -0.0204. The summed E-state index contributed by atoms with van der Waals surface area (Å²) in [7, 11) is 1.94. The molecule has 0 spiro atoms. The number of anilines is 1. The highest BCUT2D eigenvalue weighted by Crippen LogP contribution is 2.20. The predicted octanol–water partition coefficient (Wildman–Crippen LogP) is 4.01. The number of likely N-dealkylation sites (N-methyl/N-ethyl adjacent to an activating group) is 1. The number of hydrogen-bond acceptors (Lipinski definition) is 3. The molecule has 0 unspecified atom stereocenters. The van der Waals surface area contributed by atoms with Gasteiger partial charge in [-0.15, -0.1) is 0 Å². The second-order valence-corrected chi connectivity index (χ2v) is 7.23. The summed E-state index contributed by atoms with van der Waals surface area (Å²) >= 11 is 3.43. The zero-order valence-electron chi connectivity index (χ0n) is 14.8. The first-order chi connectivity index (χ1) is 12.5. The van der Waals surface area contributed by atoms with E-state index in [1.54, 1.807) is 12.5 Å². The number of benzene rings is 2. The van der Waals surface area contributed by atoms with Crippen LogP contribution in [0.2, 0.25) is 0 Å². The molecule has 0 fully saturated rings. The molecule has 5 nitrogen and oxygen atoms in total. The maximum Gasteiger partial charge on any atom is 0.238 e. The molecule has 0 aliphatic heterocycles. The second kappa shape index (κ2) is 8.29. The van der Waals surface area contributed by atoms with Crippen molar-refractivity contribution in [3.8, 4) is 5.69 Å². The average Bonchev–Trinajstić information content (AvgIpc) is 3.12. The maximum absolute atomic E-state index is 12.3. The molecule has 0 saturated carbocycles. The van der Waals surface area contributed by atoms with Gasteiger partial charge in [-0.25, -0.2) is 4.98 Å². The van der Waals surface area contributed by atoms with Crippen LogP contribution in [-0.2, 0) is 11.3 Å². The largest absolute Gasteiger partial charge is 0.325 e. The molecule has 0 aliphatic rings. The van der Waals surface area contributed by atoms with Gasteiger partial charge in [0.05, 0.1) is 12.9 Å². The van der Waals surface area contributed by atoms with Crippen LogP contribution in [0.1, 0.15) is 11.1 Å². The van der Waals surface area contributed by atoms with Crippen molar-refractivity contribution in [2.24, 2.45) is 0 Å². The highest BCUT2D eigenvalue weighted by molar-refractivity contribution is 9.10. The van der Waals surface area contributed by atoms with Gasteiger partial charge in [0, 0.05) is 34.8 Å². The fraction of sp³-hybridized carbons (Fsp3) is 0.200. The van der Waals surface area contributed by atoms with Gasteiger partial charge in [0.1, 0.15) is 0 Å². The highest BCUT2D eigenvalue weighted by atomic mass is 79.9. The summed E-state index contributed by atoms with van der Waals surface area (Å²) in [4.78, 5) is 18.3. The van der Waals surface area contributed by atoms with Gasteiger partial charge in [0.2, 0.25) is 5.91 Å². The molecular weight excluding hydrogens is 392 g/mol. The Morgan fingerprint density at radius 1 is 1.23 bits per heavy atom. The molecule has 0 aliphatic carbocycles. The van der Waals surface area contributed by atoms with Gasteiger partial charge in [0.15, 0.2) is 0 Å². The topological polar surface area (TPSA) is 50.2 Å². The number of carbonyl (C=O) groups is 1. The first kappa shape index (κ1) is 18.4. The van der Waals surface area contributed by atoms with E-state index >= 15 is 0 Å². The van der Waals surface area contributed by atoms with Crippen LogP contribution in [0.5, 0.6) is 0 Å². The van der Waals surface area contributed by atoms with Crippen molar-refractivity contribution >= 4 is 27.5 Å². The number of nitrogens with zero attached hydrogens (tertiary/aromatic N) is 3. The van der Waals surface area contributed by atoms with Crippen LogP contribution in [0, 0.1) is 6.92 Å². The van der Waals surface area contributed by atoms with Crippen LogP contribution >= 0.6 is 15.9 Å². The normalized spacial score (nSPS) is 10.9. The molecule has 3 aromatic rings. The molecule has 2 aromatic carbocycles. The van der Waals surface area contributed by atoms with Crippen molar-refractivity contribution in [1.82, 2.24) is 14.5 Å². The molecule has 26 heavy (non-hydrogen) atoms. The molecular formula is C20H21BrN4O. The Balaban J connectivity index is 1.54. The molecule has 1 amide bonds. The molecule has 134 valence electrons. The number of aromatic nitrogens is 2. The van der Waals surface area contributed by atoms with Gasteiger partial charge < -0.3 is 9.88 Å². The lowest BCUT2D eigenvalue weighted by atomic mass is 10.2. The van der Waals surface area contributed by atoms with E-state index in [-0.39, 0.29) is 5.91 Å². The zero-order chi connectivity index (χ0) is 18.5. The summed E-state index contributed by atoms with van der Waals surface area (Å²) in [6.45, 7) is 3.02. The van der Waals surface area contributed by atoms with Crippen LogP contribution in [0.3, 0.4) is 0 Å². The van der Waals surface area contributed by atoms with Crippen molar-refractivity contribution in [1.29, 1.82) is 0 Å². The summed E-state index contributed by atoms with van der Waals surface area (Å²) in [5.41, 5.74) is 4.10. The molecule has 0 saturated heterocycles. The van der Waals surface area contributed by atoms with Gasteiger partial charge in [-0.1, -0.05) is 28.1 Å². The molecule has 3 rings (SSSR count). The summed E-state index contributed by atoms with van der Waals surface area (Å²) in [5, 5.41) is 2.97. The smallest absolute Gasteiger partial charge is 0.238 e. The monoisotopic (exact) mass is 412 g/mol. The third-order valence-corrected chi connectivity index (χ3v) is 4.56. The Morgan fingerprint density at radius 3 is 2.65 bits per heavy atom. The number of carbonyl (C=O) groups excluding carboxylic acids is 1. The third-order valence-electron chi connectivity index (χ3n) is 4.07. The van der Waals surface area contributed by atoms with E-state index in [1.165, 1.54) is 0 Å². The van der Waals surface area contributed by atoms with E-state index < -0.39 is 0 Å². The Labute approximate surface area is 161 Å². The van der Waals surface area contributed by atoms with Gasteiger partial charge in [0.25, 0.3) is 0 Å². The SMILES string of the molecule is Cc1cc(Br)ccc1NC(=O)CN(C)Cc1ccc(-n2ccnc2)cc1. The number of imidazole rings is 1. The molecule has 6 heteroatoms. The lowest BCUT2D eigenvalue weighted by Crippen LogP contribution is -2.30. The molecule has 1 aromatic heterocycles. The number of nitrogens with one attached hydrogen (secondary N) is 1. The van der Waals surface area contributed by atoms with E-state index in [9.17, 15) is 4.79 Å². The van der Waals surface area contributed by atoms with Gasteiger partial charge in [-0.3, -0.25) is 9.69 Å². The molecule has 1 N–H and O–H groups in total. The maximum atomic E-state index is 12.3. The Morgan fingerprint density at radius 2 is 2.00 bits per heavy atom. The number of aryl methyl sites for hydroxylation is 1. The Hall–Kier alpha value is -2.44. The minimum absolute atomic E-state index is 0.0204. The molecule has 1 heterocycles.